The molecule has 0 aliphatic heterocycles. The molecule has 0 radical (unpaired) electrons. The Balaban J connectivity index is 1.74. The summed E-state index contributed by atoms with van der Waals surface area (Å²) in [5.41, 5.74) is 1.25. The van der Waals surface area contributed by atoms with Crippen molar-refractivity contribution < 1.29 is 17.9 Å². The van der Waals surface area contributed by atoms with E-state index in [0.29, 0.717) is 22.8 Å². The fourth-order valence-electron chi connectivity index (χ4n) is 2.45. The number of amides is 1. The minimum Gasteiger partial charge on any atom is -0.444 e. The topological polar surface area (TPSA) is 136 Å². The summed E-state index contributed by atoms with van der Waals surface area (Å²) < 4.78 is 27.9. The number of hydrogen-bond donors (Lipinski definition) is 3. The highest BCUT2D eigenvalue weighted by molar-refractivity contribution is 7.89. The van der Waals surface area contributed by atoms with Crippen LogP contribution in [-0.2, 0) is 14.8 Å². The largest absolute Gasteiger partial charge is 0.444 e. The summed E-state index contributed by atoms with van der Waals surface area (Å²) >= 11 is 0. The standard InChI is InChI=1S/C19H21N5O4S/c1-19(2,3)28-18(25)23-14-6-9-16-12(10-14)11-21-17(24-16)22-13-4-7-15(8-5-13)29(20,26)27/h4-11H,1-3H3,(H,23,25)(H2,20,26,27)(H,21,22,24). The van der Waals surface area contributed by atoms with Crippen molar-refractivity contribution in [1.82, 2.24) is 9.97 Å². The Morgan fingerprint density at radius 1 is 1.07 bits per heavy atom. The smallest absolute Gasteiger partial charge is 0.412 e. The molecule has 152 valence electrons. The van der Waals surface area contributed by atoms with Gasteiger partial charge in [-0.25, -0.2) is 28.3 Å². The quantitative estimate of drug-likeness (QED) is 0.594. The number of carbonyl (C=O) groups excluding carboxylic acids is 1. The average molecular weight is 415 g/mol. The van der Waals surface area contributed by atoms with Crippen molar-refractivity contribution in [3.63, 3.8) is 0 Å². The summed E-state index contributed by atoms with van der Waals surface area (Å²) in [5, 5.41) is 11.5. The molecule has 0 saturated heterocycles. The van der Waals surface area contributed by atoms with Crippen molar-refractivity contribution in [3.8, 4) is 0 Å². The van der Waals surface area contributed by atoms with E-state index < -0.39 is 21.7 Å². The van der Waals surface area contributed by atoms with Gasteiger partial charge < -0.3 is 10.1 Å². The van der Waals surface area contributed by atoms with E-state index in [-0.39, 0.29) is 4.90 Å². The first kappa shape index (κ1) is 20.5. The summed E-state index contributed by atoms with van der Waals surface area (Å²) in [5.74, 6) is 0.341. The van der Waals surface area contributed by atoms with Gasteiger partial charge in [0.25, 0.3) is 0 Å². The fraction of sp³-hybridized carbons (Fsp3) is 0.211. The number of primary sulfonamides is 1. The van der Waals surface area contributed by atoms with Crippen LogP contribution in [-0.4, -0.2) is 30.1 Å². The van der Waals surface area contributed by atoms with Crippen molar-refractivity contribution in [1.29, 1.82) is 0 Å². The van der Waals surface area contributed by atoms with Crippen LogP contribution >= 0.6 is 0 Å². The summed E-state index contributed by atoms with van der Waals surface area (Å²) in [7, 11) is -3.74. The lowest BCUT2D eigenvalue weighted by Gasteiger charge is -2.19. The van der Waals surface area contributed by atoms with Crippen LogP contribution in [0, 0.1) is 0 Å². The van der Waals surface area contributed by atoms with Crippen LogP contribution < -0.4 is 15.8 Å². The number of rotatable bonds is 4. The highest BCUT2D eigenvalue weighted by atomic mass is 32.2. The van der Waals surface area contributed by atoms with Crippen LogP contribution in [0.3, 0.4) is 0 Å². The number of hydrogen-bond acceptors (Lipinski definition) is 7. The van der Waals surface area contributed by atoms with Crippen LogP contribution in [0.5, 0.6) is 0 Å². The second-order valence-electron chi connectivity index (χ2n) is 7.29. The van der Waals surface area contributed by atoms with Crippen molar-refractivity contribution >= 4 is 44.3 Å². The number of sulfonamides is 1. The number of nitrogens with two attached hydrogens (primary N) is 1. The van der Waals surface area contributed by atoms with E-state index in [9.17, 15) is 13.2 Å². The lowest BCUT2D eigenvalue weighted by Crippen LogP contribution is -2.27. The number of benzene rings is 2. The summed E-state index contributed by atoms with van der Waals surface area (Å²) in [6, 6.07) is 11.1. The number of ether oxygens (including phenoxy) is 1. The second-order valence-corrected chi connectivity index (χ2v) is 8.85. The maximum Gasteiger partial charge on any atom is 0.412 e. The molecule has 3 rings (SSSR count). The van der Waals surface area contributed by atoms with Gasteiger partial charge in [0, 0.05) is 23.0 Å². The number of nitrogens with one attached hydrogen (secondary N) is 2. The van der Waals surface area contributed by atoms with Crippen LogP contribution in [0.25, 0.3) is 10.9 Å². The van der Waals surface area contributed by atoms with Gasteiger partial charge in [-0.1, -0.05) is 0 Å². The number of carbonyl (C=O) groups is 1. The third-order valence-corrected chi connectivity index (χ3v) is 4.59. The van der Waals surface area contributed by atoms with Gasteiger partial charge in [0.1, 0.15) is 5.60 Å². The van der Waals surface area contributed by atoms with Gasteiger partial charge in [0.2, 0.25) is 16.0 Å². The molecule has 0 bridgehead atoms. The monoisotopic (exact) mass is 415 g/mol. The molecule has 0 unspecified atom stereocenters. The minimum absolute atomic E-state index is 0.0208. The molecule has 29 heavy (non-hydrogen) atoms. The fourth-order valence-corrected chi connectivity index (χ4v) is 2.97. The summed E-state index contributed by atoms with van der Waals surface area (Å²) in [6.07, 6.45) is 1.07. The molecule has 3 aromatic rings. The molecule has 10 heteroatoms. The zero-order chi connectivity index (χ0) is 21.2. The molecule has 1 heterocycles. The van der Waals surface area contributed by atoms with Gasteiger partial charge in [-0.2, -0.15) is 0 Å². The summed E-state index contributed by atoms with van der Waals surface area (Å²) in [6.45, 7) is 5.37. The average Bonchev–Trinajstić information content (AvgIpc) is 2.60. The van der Waals surface area contributed by atoms with Gasteiger partial charge in [0.05, 0.1) is 10.4 Å². The zero-order valence-electron chi connectivity index (χ0n) is 16.1. The molecule has 0 atom stereocenters. The zero-order valence-corrected chi connectivity index (χ0v) is 16.9. The molecule has 0 aliphatic carbocycles. The van der Waals surface area contributed by atoms with E-state index in [1.165, 1.54) is 12.1 Å². The molecule has 1 aromatic heterocycles. The molecular formula is C19H21N5O4S. The number of aromatic nitrogens is 2. The Hall–Kier alpha value is -3.24. The molecule has 4 N–H and O–H groups in total. The van der Waals surface area contributed by atoms with Crippen molar-refractivity contribution in [2.45, 2.75) is 31.3 Å². The number of anilines is 3. The predicted octanol–water partition coefficient (Wildman–Crippen LogP) is 3.37. The normalized spacial score (nSPS) is 11.9. The van der Waals surface area contributed by atoms with E-state index >= 15 is 0 Å². The van der Waals surface area contributed by atoms with E-state index in [2.05, 4.69) is 20.6 Å². The van der Waals surface area contributed by atoms with Crippen LogP contribution in [0.1, 0.15) is 20.8 Å². The van der Waals surface area contributed by atoms with Crippen molar-refractivity contribution in [3.05, 3.63) is 48.7 Å². The Labute approximate surface area is 168 Å². The Kier molecular flexibility index (Phi) is 5.40. The maximum absolute atomic E-state index is 11.9. The highest BCUT2D eigenvalue weighted by Gasteiger charge is 2.16. The van der Waals surface area contributed by atoms with E-state index in [1.54, 1.807) is 57.3 Å². The lowest BCUT2D eigenvalue weighted by molar-refractivity contribution is 0.0636. The molecule has 0 aliphatic rings. The molecule has 0 fully saturated rings. The third-order valence-electron chi connectivity index (χ3n) is 3.66. The van der Waals surface area contributed by atoms with Gasteiger partial charge >= 0.3 is 6.09 Å². The minimum atomic E-state index is -3.74. The Bertz CT molecular complexity index is 1160. The molecule has 0 saturated carbocycles. The number of fused-ring (bicyclic) bond motifs is 1. The van der Waals surface area contributed by atoms with Gasteiger partial charge in [-0.15, -0.1) is 0 Å². The maximum atomic E-state index is 11.9. The van der Waals surface area contributed by atoms with Crippen LogP contribution in [0.15, 0.2) is 53.6 Å². The molecule has 2 aromatic carbocycles. The highest BCUT2D eigenvalue weighted by Crippen LogP contribution is 2.21. The lowest BCUT2D eigenvalue weighted by atomic mass is 10.2. The number of nitrogens with zero attached hydrogens (tertiary/aromatic N) is 2. The summed E-state index contributed by atoms with van der Waals surface area (Å²) in [4.78, 5) is 20.6. The van der Waals surface area contributed by atoms with Crippen LogP contribution in [0.4, 0.5) is 22.1 Å². The SMILES string of the molecule is CC(C)(C)OC(=O)Nc1ccc2nc(Nc3ccc(S(N)(=O)=O)cc3)ncc2c1. The van der Waals surface area contributed by atoms with Crippen molar-refractivity contribution in [2.75, 3.05) is 10.6 Å². The van der Waals surface area contributed by atoms with Gasteiger partial charge in [-0.3, -0.25) is 5.32 Å². The van der Waals surface area contributed by atoms with Gasteiger partial charge in [-0.05, 0) is 63.2 Å². The van der Waals surface area contributed by atoms with E-state index in [0.717, 1.165) is 5.39 Å². The first-order chi connectivity index (χ1) is 13.5. The molecule has 9 nitrogen and oxygen atoms in total. The van der Waals surface area contributed by atoms with Crippen molar-refractivity contribution in [2.24, 2.45) is 5.14 Å². The second kappa shape index (κ2) is 7.64. The van der Waals surface area contributed by atoms with E-state index in [4.69, 9.17) is 9.88 Å². The van der Waals surface area contributed by atoms with E-state index in [1.807, 2.05) is 0 Å². The van der Waals surface area contributed by atoms with Crippen LogP contribution in [0.2, 0.25) is 0 Å². The Morgan fingerprint density at radius 3 is 2.34 bits per heavy atom. The third kappa shape index (κ3) is 5.62. The first-order valence-corrected chi connectivity index (χ1v) is 10.2. The molecular weight excluding hydrogens is 394 g/mol. The molecule has 1 amide bonds. The van der Waals surface area contributed by atoms with Gasteiger partial charge in [0.15, 0.2) is 0 Å². The first-order valence-electron chi connectivity index (χ1n) is 8.66. The Morgan fingerprint density at radius 2 is 1.72 bits per heavy atom. The predicted molar refractivity (Wildman–Crippen MR) is 110 cm³/mol. The molecule has 0 spiro atoms.